The summed E-state index contributed by atoms with van der Waals surface area (Å²) in [6.45, 7) is 4.54. The van der Waals surface area contributed by atoms with E-state index in [4.69, 9.17) is 0 Å². The number of carbonyl (C=O) groups is 1. The molecule has 1 amide bonds. The molecule has 2 atom stereocenters. The Labute approximate surface area is 312 Å². The number of nitrogens with one attached hydrogen (secondary N) is 1. The predicted molar refractivity (Wildman–Crippen MR) is 217 cm³/mol. The van der Waals surface area contributed by atoms with Gasteiger partial charge in [0.05, 0.1) is 17.9 Å². The van der Waals surface area contributed by atoms with E-state index in [-0.39, 0.29) is 5.91 Å². The molecule has 0 fully saturated rings. The lowest BCUT2D eigenvalue weighted by atomic mass is 10.0. The summed E-state index contributed by atoms with van der Waals surface area (Å²) in [5.74, 6) is -0.880. The van der Waals surface area contributed by atoms with E-state index in [1.807, 2.05) is 0 Å². The van der Waals surface area contributed by atoms with Gasteiger partial charge in [0.1, 0.15) is 0 Å². The van der Waals surface area contributed by atoms with Crippen molar-refractivity contribution in [2.45, 2.75) is 264 Å². The summed E-state index contributed by atoms with van der Waals surface area (Å²) in [5.41, 5.74) is 0. The van der Waals surface area contributed by atoms with Crippen LogP contribution in [0.3, 0.4) is 0 Å². The van der Waals surface area contributed by atoms with Crippen molar-refractivity contribution in [2.24, 2.45) is 0 Å². The first-order valence-electron chi connectivity index (χ1n) is 22.2. The first kappa shape index (κ1) is 49.3. The van der Waals surface area contributed by atoms with Crippen LogP contribution >= 0.6 is 0 Å². The molecule has 0 rings (SSSR count). The molecule has 0 radical (unpaired) electrons. The van der Waals surface area contributed by atoms with Crippen molar-refractivity contribution in [3.05, 3.63) is 0 Å². The number of aliphatic hydroxyl groups excluding tert-OH is 1. The fourth-order valence-electron chi connectivity index (χ4n) is 7.22. The highest BCUT2D eigenvalue weighted by atomic mass is 32.2. The molecule has 0 aliphatic carbocycles. The van der Waals surface area contributed by atoms with Gasteiger partial charge in [0.2, 0.25) is 5.91 Å². The zero-order valence-corrected chi connectivity index (χ0v) is 34.4. The number of carbonyl (C=O) groups excluding carboxylic acids is 1. The highest BCUT2D eigenvalue weighted by molar-refractivity contribution is 7.85. The highest BCUT2D eigenvalue weighted by Crippen LogP contribution is 2.17. The Balaban J connectivity index is 3.78. The molecule has 2 unspecified atom stereocenters. The first-order chi connectivity index (χ1) is 24.3. The fourth-order valence-corrected chi connectivity index (χ4v) is 7.98. The maximum Gasteiger partial charge on any atom is 0.266 e. The molecule has 300 valence electrons. The smallest absolute Gasteiger partial charge is 0.266 e. The summed E-state index contributed by atoms with van der Waals surface area (Å²) >= 11 is 0. The third-order valence-electron chi connectivity index (χ3n) is 10.6. The molecule has 0 aliphatic rings. The second kappa shape index (κ2) is 38.1. The molecule has 0 spiro atoms. The summed E-state index contributed by atoms with van der Waals surface area (Å²) in [4.78, 5) is 12.5. The van der Waals surface area contributed by atoms with E-state index in [0.29, 0.717) is 12.8 Å². The minimum Gasteiger partial charge on any atom is -0.391 e. The number of unbranched alkanes of at least 4 members (excludes halogenated alkanes) is 33. The maximum absolute atomic E-state index is 12.5. The van der Waals surface area contributed by atoms with Crippen LogP contribution in [0.4, 0.5) is 0 Å². The van der Waals surface area contributed by atoms with Gasteiger partial charge in [-0.05, 0) is 12.8 Å². The molecular weight excluding hydrogens is 643 g/mol. The number of amides is 1. The molecule has 50 heavy (non-hydrogen) atoms. The van der Waals surface area contributed by atoms with E-state index in [1.165, 1.54) is 186 Å². The van der Waals surface area contributed by atoms with Crippen molar-refractivity contribution in [1.82, 2.24) is 5.32 Å². The summed E-state index contributed by atoms with van der Waals surface area (Å²) in [5, 5.41) is 13.4. The number of hydrogen-bond donors (Lipinski definition) is 3. The van der Waals surface area contributed by atoms with Crippen LogP contribution in [0.5, 0.6) is 0 Å². The predicted octanol–water partition coefficient (Wildman–Crippen LogP) is 13.2. The molecule has 0 aromatic carbocycles. The van der Waals surface area contributed by atoms with Crippen LogP contribution in [0.15, 0.2) is 0 Å². The quantitative estimate of drug-likeness (QED) is 0.0429. The normalized spacial score (nSPS) is 13.1. The average Bonchev–Trinajstić information content (AvgIpc) is 3.08. The van der Waals surface area contributed by atoms with Crippen molar-refractivity contribution in [1.29, 1.82) is 0 Å². The van der Waals surface area contributed by atoms with Crippen LogP contribution < -0.4 is 5.32 Å². The number of aliphatic hydroxyl groups is 1. The summed E-state index contributed by atoms with van der Waals surface area (Å²) in [6, 6.07) is -0.964. The number of rotatable bonds is 41. The zero-order valence-electron chi connectivity index (χ0n) is 33.6. The van der Waals surface area contributed by atoms with E-state index in [1.54, 1.807) is 0 Å². The van der Waals surface area contributed by atoms with Gasteiger partial charge in [0.25, 0.3) is 10.1 Å². The lowest BCUT2D eigenvalue weighted by Crippen LogP contribution is -2.47. The van der Waals surface area contributed by atoms with E-state index in [9.17, 15) is 22.9 Å². The van der Waals surface area contributed by atoms with Crippen molar-refractivity contribution >= 4 is 16.0 Å². The molecule has 0 bridgehead atoms. The van der Waals surface area contributed by atoms with Gasteiger partial charge < -0.3 is 10.4 Å². The Bertz CT molecular complexity index is 805. The minimum atomic E-state index is -4.30. The van der Waals surface area contributed by atoms with Crippen LogP contribution in [0.25, 0.3) is 0 Å². The fraction of sp³-hybridized carbons (Fsp3) is 0.977. The van der Waals surface area contributed by atoms with E-state index in [2.05, 4.69) is 19.2 Å². The van der Waals surface area contributed by atoms with Crippen LogP contribution in [0.1, 0.15) is 251 Å². The molecular formula is C43H87NO5S. The third kappa shape index (κ3) is 38.6. The molecule has 3 N–H and O–H groups in total. The topological polar surface area (TPSA) is 104 Å². The van der Waals surface area contributed by atoms with Gasteiger partial charge in [-0.1, -0.05) is 232 Å². The highest BCUT2D eigenvalue weighted by Gasteiger charge is 2.26. The van der Waals surface area contributed by atoms with Gasteiger partial charge in [-0.3, -0.25) is 9.35 Å². The van der Waals surface area contributed by atoms with Crippen molar-refractivity contribution in [2.75, 3.05) is 5.75 Å². The van der Waals surface area contributed by atoms with Crippen LogP contribution in [0, 0.1) is 0 Å². The minimum absolute atomic E-state index is 0.240. The second-order valence-electron chi connectivity index (χ2n) is 15.7. The van der Waals surface area contributed by atoms with Crippen LogP contribution in [-0.4, -0.2) is 41.9 Å². The molecule has 7 heteroatoms. The van der Waals surface area contributed by atoms with Crippen molar-refractivity contribution < 1.29 is 22.9 Å². The molecule has 0 saturated heterocycles. The van der Waals surface area contributed by atoms with Gasteiger partial charge in [0.15, 0.2) is 0 Å². The molecule has 0 aromatic heterocycles. The molecule has 0 aromatic rings. The molecule has 6 nitrogen and oxygen atoms in total. The maximum atomic E-state index is 12.5. The van der Waals surface area contributed by atoms with Crippen molar-refractivity contribution in [3.8, 4) is 0 Å². The third-order valence-corrected chi connectivity index (χ3v) is 11.3. The van der Waals surface area contributed by atoms with E-state index < -0.39 is 28.0 Å². The standard InChI is InChI=1S/C43H87NO5S/c1-3-5-7-9-11-13-15-17-19-21-22-23-24-26-28-30-32-34-36-38-42(45)41(40-50(47,48)49)44-43(46)39-37-35-33-31-29-27-25-20-18-16-14-12-10-8-6-4-2/h41-42,45H,3-40H2,1-2H3,(H,44,46)(H,47,48,49). The van der Waals surface area contributed by atoms with Crippen molar-refractivity contribution in [3.63, 3.8) is 0 Å². The summed E-state index contributed by atoms with van der Waals surface area (Å²) in [6.07, 6.45) is 44.8. The van der Waals surface area contributed by atoms with E-state index >= 15 is 0 Å². The Hall–Kier alpha value is -0.660. The van der Waals surface area contributed by atoms with Gasteiger partial charge in [-0.25, -0.2) is 0 Å². The van der Waals surface area contributed by atoms with Gasteiger partial charge in [0, 0.05) is 6.42 Å². The number of hydrogen-bond acceptors (Lipinski definition) is 4. The lowest BCUT2D eigenvalue weighted by Gasteiger charge is -2.23. The second-order valence-corrected chi connectivity index (χ2v) is 17.2. The monoisotopic (exact) mass is 730 g/mol. The molecule has 0 saturated carbocycles. The Kier molecular flexibility index (Phi) is 37.6. The Morgan fingerprint density at radius 1 is 0.460 bits per heavy atom. The van der Waals surface area contributed by atoms with Crippen LogP contribution in [-0.2, 0) is 14.9 Å². The Morgan fingerprint density at radius 2 is 0.720 bits per heavy atom. The largest absolute Gasteiger partial charge is 0.391 e. The molecule has 0 aliphatic heterocycles. The van der Waals surface area contributed by atoms with Gasteiger partial charge in [-0.2, -0.15) is 8.42 Å². The average molecular weight is 730 g/mol. The lowest BCUT2D eigenvalue weighted by molar-refractivity contribution is -0.122. The van der Waals surface area contributed by atoms with Gasteiger partial charge in [-0.15, -0.1) is 0 Å². The summed E-state index contributed by atoms with van der Waals surface area (Å²) in [7, 11) is -4.30. The zero-order chi connectivity index (χ0) is 36.8. The van der Waals surface area contributed by atoms with E-state index in [0.717, 1.165) is 38.5 Å². The van der Waals surface area contributed by atoms with Crippen LogP contribution in [0.2, 0.25) is 0 Å². The Morgan fingerprint density at radius 3 is 1.00 bits per heavy atom. The summed E-state index contributed by atoms with van der Waals surface area (Å²) < 4.78 is 32.6. The SMILES string of the molecule is CCCCCCCCCCCCCCCCCCCCCC(O)C(CS(=O)(=O)O)NC(=O)CCCCCCCCCCCCCCCCCC. The first-order valence-corrected chi connectivity index (χ1v) is 23.8. The van der Waals surface area contributed by atoms with Gasteiger partial charge >= 0.3 is 0 Å². The molecule has 0 heterocycles.